The maximum Gasteiger partial charge on any atom is 0.130 e. The van der Waals surface area contributed by atoms with Gasteiger partial charge in [-0.25, -0.2) is 8.78 Å². The summed E-state index contributed by atoms with van der Waals surface area (Å²) in [5, 5.41) is 0. The van der Waals surface area contributed by atoms with Crippen LogP contribution in [-0.2, 0) is 11.3 Å². The predicted octanol–water partition coefficient (Wildman–Crippen LogP) is 3.18. The lowest BCUT2D eigenvalue weighted by atomic mass is 10.1. The average molecular weight is 290 g/mol. The summed E-state index contributed by atoms with van der Waals surface area (Å²) in [6.07, 6.45) is 1.99. The maximum atomic E-state index is 13.5. The first kappa shape index (κ1) is 14.7. The minimum atomic E-state index is -0.472. The van der Waals surface area contributed by atoms with Gasteiger partial charge in [-0.05, 0) is 25.0 Å². The summed E-state index contributed by atoms with van der Waals surface area (Å²) in [6.45, 7) is 2.47. The molecule has 0 aliphatic carbocycles. The van der Waals surface area contributed by atoms with Gasteiger partial charge in [-0.1, -0.05) is 6.07 Å². The number of nitrogens with zero attached hydrogens (tertiary/aromatic N) is 1. The van der Waals surface area contributed by atoms with E-state index in [-0.39, 0.29) is 11.7 Å². The van der Waals surface area contributed by atoms with Gasteiger partial charge >= 0.3 is 0 Å². The molecule has 1 aromatic rings. The Balaban J connectivity index is 1.85. The molecule has 2 nitrogen and oxygen atoms in total. The number of likely N-dealkylation sites (tertiary alicyclic amines) is 1. The quantitative estimate of drug-likeness (QED) is 0.772. The predicted molar refractivity (Wildman–Crippen MR) is 71.3 cm³/mol. The van der Waals surface area contributed by atoms with E-state index in [0.717, 1.165) is 25.9 Å². The fraction of sp³-hybridized carbons (Fsp3) is 0.571. The molecule has 1 aliphatic rings. The Morgan fingerprint density at radius 3 is 2.42 bits per heavy atom. The summed E-state index contributed by atoms with van der Waals surface area (Å²) in [7, 11) is 0. The average Bonchev–Trinajstić information content (AvgIpc) is 2.42. The van der Waals surface area contributed by atoms with Crippen molar-refractivity contribution in [1.82, 2.24) is 4.90 Å². The minimum absolute atomic E-state index is 0.155. The van der Waals surface area contributed by atoms with E-state index in [0.29, 0.717) is 19.0 Å². The van der Waals surface area contributed by atoms with Gasteiger partial charge in [0.2, 0.25) is 0 Å². The zero-order chi connectivity index (χ0) is 13.7. The molecule has 2 rings (SSSR count). The highest BCUT2D eigenvalue weighted by atomic mass is 35.5. The van der Waals surface area contributed by atoms with Crippen molar-refractivity contribution in [3.8, 4) is 0 Å². The van der Waals surface area contributed by atoms with Crippen molar-refractivity contribution in [2.75, 3.05) is 25.6 Å². The van der Waals surface area contributed by atoms with E-state index in [1.807, 2.05) is 0 Å². The van der Waals surface area contributed by atoms with Gasteiger partial charge in [0.15, 0.2) is 0 Å². The second-order valence-corrected chi connectivity index (χ2v) is 5.11. The Bertz CT molecular complexity index is 388. The third-order valence-corrected chi connectivity index (χ3v) is 3.56. The van der Waals surface area contributed by atoms with Gasteiger partial charge < -0.3 is 4.74 Å². The fourth-order valence-corrected chi connectivity index (χ4v) is 2.44. The number of piperidine rings is 1. The smallest absolute Gasteiger partial charge is 0.130 e. The van der Waals surface area contributed by atoms with Crippen LogP contribution in [0.3, 0.4) is 0 Å². The van der Waals surface area contributed by atoms with Crippen molar-refractivity contribution in [2.24, 2.45) is 0 Å². The van der Waals surface area contributed by atoms with Crippen LogP contribution in [0.25, 0.3) is 0 Å². The second kappa shape index (κ2) is 7.17. The summed E-state index contributed by atoms with van der Waals surface area (Å²) < 4.78 is 32.7. The lowest BCUT2D eigenvalue weighted by Gasteiger charge is -2.31. The van der Waals surface area contributed by atoms with Gasteiger partial charge in [0.1, 0.15) is 11.6 Å². The van der Waals surface area contributed by atoms with Crippen molar-refractivity contribution in [3.05, 3.63) is 35.4 Å². The molecule has 0 amide bonds. The summed E-state index contributed by atoms with van der Waals surface area (Å²) in [5.74, 6) is -0.443. The van der Waals surface area contributed by atoms with Crippen LogP contribution in [-0.4, -0.2) is 36.6 Å². The van der Waals surface area contributed by atoms with E-state index in [4.69, 9.17) is 16.3 Å². The molecule has 1 heterocycles. The number of hydrogen-bond acceptors (Lipinski definition) is 2. The molecule has 0 N–H and O–H groups in total. The summed E-state index contributed by atoms with van der Waals surface area (Å²) >= 11 is 5.57. The SMILES string of the molecule is Fc1cccc(F)c1CN1CCC(OCCCl)CC1. The highest BCUT2D eigenvalue weighted by molar-refractivity contribution is 6.17. The van der Waals surface area contributed by atoms with Crippen LogP contribution in [0, 0.1) is 11.6 Å². The van der Waals surface area contributed by atoms with Gasteiger partial charge in [0.25, 0.3) is 0 Å². The number of ether oxygens (including phenoxy) is 1. The lowest BCUT2D eigenvalue weighted by molar-refractivity contribution is 0.0130. The Kier molecular flexibility index (Phi) is 5.55. The normalized spacial score (nSPS) is 17.8. The van der Waals surface area contributed by atoms with Crippen molar-refractivity contribution >= 4 is 11.6 Å². The van der Waals surface area contributed by atoms with Crippen molar-refractivity contribution in [2.45, 2.75) is 25.5 Å². The van der Waals surface area contributed by atoms with Crippen LogP contribution in [0.4, 0.5) is 8.78 Å². The van der Waals surface area contributed by atoms with Crippen molar-refractivity contribution < 1.29 is 13.5 Å². The fourth-order valence-electron chi connectivity index (χ4n) is 2.35. The molecular weight excluding hydrogens is 272 g/mol. The summed E-state index contributed by atoms with van der Waals surface area (Å²) in [5.41, 5.74) is 0.155. The molecule has 0 bridgehead atoms. The largest absolute Gasteiger partial charge is 0.377 e. The monoisotopic (exact) mass is 289 g/mol. The Hall–Kier alpha value is -0.710. The van der Waals surface area contributed by atoms with E-state index in [9.17, 15) is 8.78 Å². The Morgan fingerprint density at radius 1 is 1.21 bits per heavy atom. The molecule has 1 aliphatic heterocycles. The van der Waals surface area contributed by atoms with Gasteiger partial charge in [-0.3, -0.25) is 4.90 Å². The van der Waals surface area contributed by atoms with Gasteiger partial charge in [-0.15, -0.1) is 11.6 Å². The molecule has 106 valence electrons. The molecule has 1 saturated heterocycles. The van der Waals surface area contributed by atoms with E-state index < -0.39 is 11.6 Å². The molecule has 1 fully saturated rings. The molecular formula is C14H18ClF2NO. The first-order chi connectivity index (χ1) is 9.20. The molecule has 0 unspecified atom stereocenters. The number of alkyl halides is 1. The van der Waals surface area contributed by atoms with E-state index in [1.165, 1.54) is 18.2 Å². The van der Waals surface area contributed by atoms with E-state index in [1.54, 1.807) is 0 Å². The molecule has 19 heavy (non-hydrogen) atoms. The van der Waals surface area contributed by atoms with Crippen LogP contribution >= 0.6 is 11.6 Å². The molecule has 1 aromatic carbocycles. The molecule has 0 saturated carbocycles. The van der Waals surface area contributed by atoms with Crippen LogP contribution in [0.5, 0.6) is 0 Å². The van der Waals surface area contributed by atoms with Crippen molar-refractivity contribution in [3.63, 3.8) is 0 Å². The van der Waals surface area contributed by atoms with Crippen LogP contribution in [0.1, 0.15) is 18.4 Å². The Labute approximate surface area is 117 Å². The number of halogens is 3. The molecule has 5 heteroatoms. The standard InChI is InChI=1S/C14H18ClF2NO/c15-6-9-19-11-4-7-18(8-5-11)10-12-13(16)2-1-3-14(12)17/h1-3,11H,4-10H2. The molecule has 0 radical (unpaired) electrons. The van der Waals surface area contributed by atoms with Crippen LogP contribution in [0.15, 0.2) is 18.2 Å². The maximum absolute atomic E-state index is 13.5. The summed E-state index contributed by atoms with van der Waals surface area (Å²) in [4.78, 5) is 2.06. The third-order valence-electron chi connectivity index (χ3n) is 3.41. The number of rotatable bonds is 5. The van der Waals surface area contributed by atoms with Crippen LogP contribution in [0.2, 0.25) is 0 Å². The van der Waals surface area contributed by atoms with Gasteiger partial charge in [-0.2, -0.15) is 0 Å². The van der Waals surface area contributed by atoms with Gasteiger partial charge in [0, 0.05) is 31.1 Å². The number of benzene rings is 1. The Morgan fingerprint density at radius 2 is 1.84 bits per heavy atom. The highest BCUT2D eigenvalue weighted by Crippen LogP contribution is 2.19. The van der Waals surface area contributed by atoms with Crippen LogP contribution < -0.4 is 0 Å². The van der Waals surface area contributed by atoms with E-state index in [2.05, 4.69) is 4.90 Å². The van der Waals surface area contributed by atoms with Gasteiger partial charge in [0.05, 0.1) is 12.7 Å². The topological polar surface area (TPSA) is 12.5 Å². The molecule has 0 aromatic heterocycles. The minimum Gasteiger partial charge on any atom is -0.377 e. The first-order valence-electron chi connectivity index (χ1n) is 6.53. The summed E-state index contributed by atoms with van der Waals surface area (Å²) in [6, 6.07) is 3.99. The lowest BCUT2D eigenvalue weighted by Crippen LogP contribution is -2.37. The second-order valence-electron chi connectivity index (χ2n) is 4.74. The molecule has 0 atom stereocenters. The number of hydrogen-bond donors (Lipinski definition) is 0. The van der Waals surface area contributed by atoms with Crippen molar-refractivity contribution in [1.29, 1.82) is 0 Å². The zero-order valence-corrected chi connectivity index (χ0v) is 11.5. The molecule has 0 spiro atoms. The first-order valence-corrected chi connectivity index (χ1v) is 7.07. The third kappa shape index (κ3) is 4.13. The highest BCUT2D eigenvalue weighted by Gasteiger charge is 2.21. The zero-order valence-electron chi connectivity index (χ0n) is 10.7. The van der Waals surface area contributed by atoms with E-state index >= 15 is 0 Å².